The molecule has 0 saturated carbocycles. The monoisotopic (exact) mass is 264 g/mol. The fourth-order valence-corrected chi connectivity index (χ4v) is 2.52. The van der Waals surface area contributed by atoms with Crippen molar-refractivity contribution in [1.29, 1.82) is 0 Å². The largest absolute Gasteiger partial charge is 0.304 e. The highest BCUT2D eigenvalue weighted by atomic mass is 19.1. The average molecular weight is 264 g/mol. The van der Waals surface area contributed by atoms with Gasteiger partial charge in [-0.15, -0.1) is 0 Å². The predicted octanol–water partition coefficient (Wildman–Crippen LogP) is 1.57. The molecule has 0 bridgehead atoms. The Hall–Kier alpha value is -1.26. The summed E-state index contributed by atoms with van der Waals surface area (Å²) in [5.74, 6) is -0.0631. The van der Waals surface area contributed by atoms with E-state index in [-0.39, 0.29) is 11.6 Å². The van der Waals surface area contributed by atoms with Gasteiger partial charge in [0.25, 0.3) is 0 Å². The normalized spacial score (nSPS) is 21.5. The molecule has 2 rings (SSSR count). The fraction of sp³-hybridized carbons (Fsp3) is 0.533. The molecule has 19 heavy (non-hydrogen) atoms. The van der Waals surface area contributed by atoms with Crippen LogP contribution in [0.2, 0.25) is 0 Å². The first-order valence-corrected chi connectivity index (χ1v) is 6.73. The number of ketones is 1. The van der Waals surface area contributed by atoms with E-state index in [2.05, 4.69) is 23.8 Å². The van der Waals surface area contributed by atoms with E-state index in [1.165, 1.54) is 12.1 Å². The number of Topliss-reactive ketones (excluding diaryl/α,β-unsaturated/α-hetero) is 1. The van der Waals surface area contributed by atoms with E-state index in [1.54, 1.807) is 12.1 Å². The number of benzene rings is 1. The van der Waals surface area contributed by atoms with Gasteiger partial charge in [0.05, 0.1) is 6.54 Å². The van der Waals surface area contributed by atoms with Crippen LogP contribution < -0.4 is 0 Å². The molecule has 1 fully saturated rings. The van der Waals surface area contributed by atoms with Gasteiger partial charge >= 0.3 is 0 Å². The van der Waals surface area contributed by atoms with Crippen molar-refractivity contribution in [3.63, 3.8) is 0 Å². The lowest BCUT2D eigenvalue weighted by atomic mass is 10.1. The van der Waals surface area contributed by atoms with Crippen LogP contribution in [0.1, 0.15) is 12.5 Å². The van der Waals surface area contributed by atoms with Crippen molar-refractivity contribution in [3.05, 3.63) is 35.6 Å². The van der Waals surface area contributed by atoms with Gasteiger partial charge in [-0.05, 0) is 31.7 Å². The van der Waals surface area contributed by atoms with Crippen molar-refractivity contribution in [2.75, 3.05) is 33.2 Å². The molecule has 1 unspecified atom stereocenters. The maximum Gasteiger partial charge on any atom is 0.151 e. The Kier molecular flexibility index (Phi) is 4.66. The molecule has 1 aliphatic rings. The number of nitrogens with zero attached hydrogens (tertiary/aromatic N) is 2. The number of carbonyl (C=O) groups is 1. The van der Waals surface area contributed by atoms with Crippen molar-refractivity contribution in [1.82, 2.24) is 9.80 Å². The maximum atomic E-state index is 12.8. The molecular formula is C15H21FN2O. The lowest BCUT2D eigenvalue weighted by Crippen LogP contribution is -2.51. The highest BCUT2D eigenvalue weighted by Crippen LogP contribution is 2.09. The van der Waals surface area contributed by atoms with Crippen molar-refractivity contribution in [2.24, 2.45) is 0 Å². The number of hydrogen-bond acceptors (Lipinski definition) is 3. The molecule has 1 saturated heterocycles. The predicted molar refractivity (Wildman–Crippen MR) is 73.6 cm³/mol. The van der Waals surface area contributed by atoms with E-state index in [4.69, 9.17) is 0 Å². The first-order chi connectivity index (χ1) is 9.04. The smallest absolute Gasteiger partial charge is 0.151 e. The van der Waals surface area contributed by atoms with Crippen LogP contribution in [0, 0.1) is 5.82 Å². The van der Waals surface area contributed by atoms with Gasteiger partial charge in [-0.3, -0.25) is 9.69 Å². The first kappa shape index (κ1) is 14.2. The van der Waals surface area contributed by atoms with Crippen LogP contribution >= 0.6 is 0 Å². The topological polar surface area (TPSA) is 23.6 Å². The molecule has 4 heteroatoms. The lowest BCUT2D eigenvalue weighted by Gasteiger charge is -2.37. The lowest BCUT2D eigenvalue weighted by molar-refractivity contribution is -0.120. The van der Waals surface area contributed by atoms with Gasteiger partial charge in [-0.25, -0.2) is 4.39 Å². The van der Waals surface area contributed by atoms with Crippen LogP contribution in [-0.2, 0) is 11.2 Å². The minimum Gasteiger partial charge on any atom is -0.304 e. The quantitative estimate of drug-likeness (QED) is 0.825. The van der Waals surface area contributed by atoms with Crippen molar-refractivity contribution >= 4 is 5.78 Å². The zero-order chi connectivity index (χ0) is 13.8. The van der Waals surface area contributed by atoms with Gasteiger partial charge in [0.1, 0.15) is 5.82 Å². The number of carbonyl (C=O) groups excluding carboxylic acids is 1. The summed E-state index contributed by atoms with van der Waals surface area (Å²) < 4.78 is 12.8. The Morgan fingerprint density at radius 1 is 1.32 bits per heavy atom. The van der Waals surface area contributed by atoms with Gasteiger partial charge < -0.3 is 4.90 Å². The minimum absolute atomic E-state index is 0.197. The third-order valence-electron chi connectivity index (χ3n) is 3.66. The second kappa shape index (κ2) is 6.26. The Labute approximate surface area is 114 Å². The third-order valence-corrected chi connectivity index (χ3v) is 3.66. The molecule has 0 aliphatic carbocycles. The van der Waals surface area contributed by atoms with E-state index < -0.39 is 0 Å². The summed E-state index contributed by atoms with van der Waals surface area (Å²) in [5, 5.41) is 0. The van der Waals surface area contributed by atoms with E-state index in [9.17, 15) is 9.18 Å². The molecule has 104 valence electrons. The summed E-state index contributed by atoms with van der Waals surface area (Å²) in [4.78, 5) is 16.6. The average Bonchev–Trinajstić information content (AvgIpc) is 2.36. The molecule has 1 aliphatic heterocycles. The van der Waals surface area contributed by atoms with Gasteiger partial charge in [0.2, 0.25) is 0 Å². The van der Waals surface area contributed by atoms with E-state index in [0.717, 1.165) is 25.2 Å². The van der Waals surface area contributed by atoms with Crippen LogP contribution in [0.5, 0.6) is 0 Å². The SMILES string of the molecule is CC1CN(C)CCN1CC(=O)Cc1ccc(F)cc1. The van der Waals surface area contributed by atoms with Gasteiger partial charge in [0.15, 0.2) is 5.78 Å². The molecule has 0 amide bonds. The van der Waals surface area contributed by atoms with Crippen molar-refractivity contribution in [3.8, 4) is 0 Å². The number of halogens is 1. The summed E-state index contributed by atoms with van der Waals surface area (Å²) in [6.45, 7) is 5.60. The molecule has 0 aromatic heterocycles. The minimum atomic E-state index is -0.260. The molecule has 1 aromatic rings. The number of hydrogen-bond donors (Lipinski definition) is 0. The molecule has 0 spiro atoms. The Bertz CT molecular complexity index is 432. The zero-order valence-electron chi connectivity index (χ0n) is 11.6. The first-order valence-electron chi connectivity index (χ1n) is 6.73. The van der Waals surface area contributed by atoms with Crippen LogP contribution in [0.4, 0.5) is 4.39 Å². The molecule has 3 nitrogen and oxygen atoms in total. The molecule has 1 atom stereocenters. The van der Waals surface area contributed by atoms with Crippen LogP contribution in [-0.4, -0.2) is 54.9 Å². The number of likely N-dealkylation sites (N-methyl/N-ethyl adjacent to an activating group) is 1. The maximum absolute atomic E-state index is 12.8. The molecule has 1 heterocycles. The van der Waals surface area contributed by atoms with E-state index >= 15 is 0 Å². The Morgan fingerprint density at radius 2 is 2.00 bits per heavy atom. The summed E-state index contributed by atoms with van der Waals surface area (Å²) in [7, 11) is 2.11. The van der Waals surface area contributed by atoms with Crippen LogP contribution in [0.25, 0.3) is 0 Å². The second-order valence-electron chi connectivity index (χ2n) is 5.42. The zero-order valence-corrected chi connectivity index (χ0v) is 11.6. The Morgan fingerprint density at radius 3 is 2.63 bits per heavy atom. The highest BCUT2D eigenvalue weighted by molar-refractivity contribution is 5.82. The molecular weight excluding hydrogens is 243 g/mol. The fourth-order valence-electron chi connectivity index (χ4n) is 2.52. The Balaban J connectivity index is 1.85. The standard InChI is InChI=1S/C15H21FN2O/c1-12-10-17(2)7-8-18(12)11-15(19)9-13-3-5-14(16)6-4-13/h3-6,12H,7-11H2,1-2H3. The summed E-state index contributed by atoms with van der Waals surface area (Å²) >= 11 is 0. The third kappa shape index (κ3) is 4.11. The van der Waals surface area contributed by atoms with Crippen molar-refractivity contribution < 1.29 is 9.18 Å². The summed E-state index contributed by atoms with van der Waals surface area (Å²) in [6, 6.07) is 6.58. The van der Waals surface area contributed by atoms with Crippen LogP contribution in [0.15, 0.2) is 24.3 Å². The molecule has 0 radical (unpaired) electrons. The summed E-state index contributed by atoms with van der Waals surface area (Å²) in [5.41, 5.74) is 0.883. The van der Waals surface area contributed by atoms with E-state index in [1.807, 2.05) is 0 Å². The second-order valence-corrected chi connectivity index (χ2v) is 5.42. The number of rotatable bonds is 4. The van der Waals surface area contributed by atoms with Gasteiger partial charge in [-0.1, -0.05) is 12.1 Å². The van der Waals surface area contributed by atoms with Gasteiger partial charge in [-0.2, -0.15) is 0 Å². The van der Waals surface area contributed by atoms with Crippen molar-refractivity contribution in [2.45, 2.75) is 19.4 Å². The van der Waals surface area contributed by atoms with E-state index in [0.29, 0.717) is 19.0 Å². The van der Waals surface area contributed by atoms with Gasteiger partial charge in [0, 0.05) is 32.1 Å². The molecule has 0 N–H and O–H groups in total. The molecule has 1 aromatic carbocycles. The summed E-state index contributed by atoms with van der Waals surface area (Å²) in [6.07, 6.45) is 0.388. The van der Waals surface area contributed by atoms with Crippen LogP contribution in [0.3, 0.4) is 0 Å². The highest BCUT2D eigenvalue weighted by Gasteiger charge is 2.23. The number of piperazine rings is 1.